The Morgan fingerprint density at radius 1 is 1.42 bits per heavy atom. The van der Waals surface area contributed by atoms with Crippen molar-refractivity contribution in [3.05, 3.63) is 23.8 Å². The number of benzene rings is 1. The summed E-state index contributed by atoms with van der Waals surface area (Å²) in [6.07, 6.45) is 0. The van der Waals surface area contributed by atoms with Crippen molar-refractivity contribution in [2.45, 2.75) is 11.8 Å². The predicted molar refractivity (Wildman–Crippen MR) is 43.8 cm³/mol. The van der Waals surface area contributed by atoms with Gasteiger partial charge < -0.3 is 0 Å². The summed E-state index contributed by atoms with van der Waals surface area (Å²) in [6, 6.07) is 4.29. The van der Waals surface area contributed by atoms with Gasteiger partial charge in [0, 0.05) is 0 Å². The van der Waals surface area contributed by atoms with Crippen molar-refractivity contribution in [1.29, 1.82) is 0 Å². The standard InChI is InChI=1S/C7H8NO3S/c1-5-3-2-4-6(7(5)8)12(9,10)11/h2-4,8H,1H3,(H,9,10,11). The molecule has 0 fully saturated rings. The van der Waals surface area contributed by atoms with Crippen molar-refractivity contribution in [1.82, 2.24) is 5.73 Å². The molecule has 1 radical (unpaired) electrons. The molecule has 1 rings (SSSR count). The van der Waals surface area contributed by atoms with Gasteiger partial charge in [-0.3, -0.25) is 10.3 Å². The summed E-state index contributed by atoms with van der Waals surface area (Å²) in [7, 11) is -4.24. The third-order valence-electron chi connectivity index (χ3n) is 1.51. The molecule has 0 spiro atoms. The monoisotopic (exact) mass is 186 g/mol. The maximum atomic E-state index is 10.6. The van der Waals surface area contributed by atoms with Gasteiger partial charge in [0.2, 0.25) is 0 Å². The largest absolute Gasteiger partial charge is 0.299 e. The lowest BCUT2D eigenvalue weighted by Gasteiger charge is -2.02. The third kappa shape index (κ3) is 1.57. The van der Waals surface area contributed by atoms with Crippen molar-refractivity contribution >= 4 is 15.8 Å². The summed E-state index contributed by atoms with van der Waals surface area (Å²) in [4.78, 5) is -0.345. The lowest BCUT2D eigenvalue weighted by atomic mass is 10.2. The first-order chi connectivity index (χ1) is 5.43. The second kappa shape index (κ2) is 2.76. The Bertz CT molecular complexity index is 397. The molecule has 0 saturated heterocycles. The van der Waals surface area contributed by atoms with Crippen molar-refractivity contribution < 1.29 is 13.0 Å². The van der Waals surface area contributed by atoms with Gasteiger partial charge in [-0.05, 0) is 18.6 Å². The molecule has 1 aromatic rings. The summed E-state index contributed by atoms with van der Waals surface area (Å²) in [5, 5.41) is 0. The van der Waals surface area contributed by atoms with E-state index in [0.717, 1.165) is 0 Å². The normalized spacial score (nSPS) is 11.5. The summed E-state index contributed by atoms with van der Waals surface area (Å²) in [5.74, 6) is 0. The maximum Gasteiger partial charge on any atom is 0.296 e. The van der Waals surface area contributed by atoms with E-state index in [1.165, 1.54) is 12.1 Å². The third-order valence-corrected chi connectivity index (χ3v) is 2.41. The Morgan fingerprint density at radius 3 is 2.42 bits per heavy atom. The molecule has 4 nitrogen and oxygen atoms in total. The van der Waals surface area contributed by atoms with Crippen LogP contribution in [0.25, 0.3) is 0 Å². The van der Waals surface area contributed by atoms with E-state index in [4.69, 9.17) is 10.3 Å². The first-order valence-electron chi connectivity index (χ1n) is 3.21. The Labute approximate surface area is 70.8 Å². The molecule has 0 amide bonds. The first kappa shape index (κ1) is 9.02. The molecule has 0 aliphatic heterocycles. The molecule has 0 aliphatic rings. The second-order valence-electron chi connectivity index (χ2n) is 2.42. The quantitative estimate of drug-likeness (QED) is 0.668. The second-order valence-corrected chi connectivity index (χ2v) is 3.81. The highest BCUT2D eigenvalue weighted by Crippen LogP contribution is 2.22. The van der Waals surface area contributed by atoms with E-state index in [1.807, 2.05) is 0 Å². The molecule has 5 heteroatoms. The Kier molecular flexibility index (Phi) is 2.08. The first-order valence-corrected chi connectivity index (χ1v) is 4.65. The van der Waals surface area contributed by atoms with Gasteiger partial charge in [-0.2, -0.15) is 8.42 Å². The summed E-state index contributed by atoms with van der Waals surface area (Å²) >= 11 is 0. The maximum absolute atomic E-state index is 10.6. The zero-order valence-corrected chi connectivity index (χ0v) is 7.22. The van der Waals surface area contributed by atoms with Gasteiger partial charge >= 0.3 is 0 Å². The van der Waals surface area contributed by atoms with Crippen LogP contribution in [0.2, 0.25) is 0 Å². The van der Waals surface area contributed by atoms with Crippen LogP contribution < -0.4 is 5.73 Å². The van der Waals surface area contributed by atoms with Gasteiger partial charge in [0.05, 0.1) is 5.69 Å². The number of rotatable bonds is 1. The highest BCUT2D eigenvalue weighted by Gasteiger charge is 2.14. The van der Waals surface area contributed by atoms with Crippen LogP contribution in [0.3, 0.4) is 0 Å². The van der Waals surface area contributed by atoms with Crippen molar-refractivity contribution in [3.63, 3.8) is 0 Å². The fourth-order valence-corrected chi connectivity index (χ4v) is 1.53. The molecular formula is C7H8NO3S. The van der Waals surface area contributed by atoms with Gasteiger partial charge in [-0.25, -0.2) is 0 Å². The molecule has 1 aromatic carbocycles. The SMILES string of the molecule is Cc1cccc(S(=O)(=O)O)c1[NH]. The molecule has 0 bridgehead atoms. The zero-order valence-electron chi connectivity index (χ0n) is 6.40. The van der Waals surface area contributed by atoms with Crippen molar-refractivity contribution in [3.8, 4) is 0 Å². The van der Waals surface area contributed by atoms with Gasteiger partial charge in [0.25, 0.3) is 10.1 Å². The molecule has 65 valence electrons. The average molecular weight is 186 g/mol. The van der Waals surface area contributed by atoms with Gasteiger partial charge in [0.1, 0.15) is 4.90 Å². The van der Waals surface area contributed by atoms with Crippen LogP contribution in [-0.2, 0) is 10.1 Å². The molecule has 0 atom stereocenters. The van der Waals surface area contributed by atoms with Crippen LogP contribution in [0, 0.1) is 6.92 Å². The van der Waals surface area contributed by atoms with Crippen LogP contribution in [0.15, 0.2) is 23.1 Å². The number of aryl methyl sites for hydroxylation is 1. The van der Waals surface area contributed by atoms with E-state index < -0.39 is 10.1 Å². The lowest BCUT2D eigenvalue weighted by molar-refractivity contribution is 0.483. The molecule has 0 aliphatic carbocycles. The van der Waals surface area contributed by atoms with Crippen LogP contribution in [0.1, 0.15) is 5.56 Å². The molecule has 2 N–H and O–H groups in total. The van der Waals surface area contributed by atoms with Gasteiger partial charge in [-0.15, -0.1) is 0 Å². The Hall–Kier alpha value is -1.07. The van der Waals surface area contributed by atoms with Gasteiger partial charge in [0.15, 0.2) is 0 Å². The molecule has 0 unspecified atom stereocenters. The summed E-state index contributed by atoms with van der Waals surface area (Å²) < 4.78 is 29.9. The molecular weight excluding hydrogens is 178 g/mol. The Balaban J connectivity index is 3.47. The van der Waals surface area contributed by atoms with Gasteiger partial charge in [-0.1, -0.05) is 12.1 Å². The van der Waals surface area contributed by atoms with E-state index in [9.17, 15) is 8.42 Å². The fraction of sp³-hybridized carbons (Fsp3) is 0.143. The van der Waals surface area contributed by atoms with Crippen LogP contribution in [0.5, 0.6) is 0 Å². The van der Waals surface area contributed by atoms with Crippen molar-refractivity contribution in [2.24, 2.45) is 0 Å². The van der Waals surface area contributed by atoms with E-state index in [-0.39, 0.29) is 10.6 Å². The zero-order chi connectivity index (χ0) is 9.35. The van der Waals surface area contributed by atoms with Crippen molar-refractivity contribution in [2.75, 3.05) is 0 Å². The van der Waals surface area contributed by atoms with Crippen LogP contribution in [0.4, 0.5) is 5.69 Å². The van der Waals surface area contributed by atoms with Crippen LogP contribution >= 0.6 is 0 Å². The topological polar surface area (TPSA) is 78.2 Å². The predicted octanol–water partition coefficient (Wildman–Crippen LogP) is 1.16. The highest BCUT2D eigenvalue weighted by molar-refractivity contribution is 7.86. The minimum Gasteiger partial charge on any atom is -0.299 e. The van der Waals surface area contributed by atoms with E-state index in [2.05, 4.69) is 0 Å². The van der Waals surface area contributed by atoms with E-state index in [0.29, 0.717) is 5.56 Å². The lowest BCUT2D eigenvalue weighted by Crippen LogP contribution is -2.00. The minimum atomic E-state index is -4.24. The molecule has 0 aromatic heterocycles. The average Bonchev–Trinajstić information content (AvgIpc) is 1.92. The van der Waals surface area contributed by atoms with E-state index >= 15 is 0 Å². The Morgan fingerprint density at radius 2 is 2.00 bits per heavy atom. The number of hydrogen-bond acceptors (Lipinski definition) is 2. The van der Waals surface area contributed by atoms with E-state index in [1.54, 1.807) is 13.0 Å². The number of hydrogen-bond donors (Lipinski definition) is 1. The van der Waals surface area contributed by atoms with Crippen LogP contribution in [-0.4, -0.2) is 13.0 Å². The summed E-state index contributed by atoms with van der Waals surface area (Å²) in [6.45, 7) is 1.61. The smallest absolute Gasteiger partial charge is 0.296 e. The number of nitrogens with one attached hydrogen (secondary N) is 1. The molecule has 0 saturated carbocycles. The molecule has 12 heavy (non-hydrogen) atoms. The minimum absolute atomic E-state index is 0.153. The summed E-state index contributed by atoms with van der Waals surface area (Å²) in [5.41, 5.74) is 7.68. The fourth-order valence-electron chi connectivity index (χ4n) is 0.856. The highest BCUT2D eigenvalue weighted by atomic mass is 32.2. The molecule has 0 heterocycles.